The molecule has 0 bridgehead atoms. The first kappa shape index (κ1) is 68.1. The van der Waals surface area contributed by atoms with Gasteiger partial charge in [0.1, 0.15) is 90.4 Å². The number of ether oxygens (including phenoxy) is 11. The van der Waals surface area contributed by atoms with Crippen molar-refractivity contribution in [1.29, 1.82) is 0 Å². The average Bonchev–Trinajstić information content (AvgIpc) is 0.722. The number of rotatable bonds is 14. The minimum atomic E-state index is -2.14. The second kappa shape index (κ2) is 24.5. The minimum Gasteiger partial charge on any atom is -0.481 e. The SMILES string of the molecule is CC(=O)O[C@@H]1[C@@H](O[C@@H]2OC[C@](O)(CO)[C@H]2O)[C@@H](O)[C@H](O[C@H]2[C@H](OC(=O)[C@]34CCC(C)(C)C[C@H]3C3=CC[C@@H]5[C@@]6(C)C[C@H](O)[C@H](O[C@@H]7O[C@H](CO)[C@@H](O[C@@H]8OC[C@@H](O)[C@H](O)[C@H]8O)[C@H](O)[C@H]7O)[C@@](C)(C(=O)O)[C@@H]6CC[C@@]5(C)[C@]3(C)C[C@H]4O)OC[C@H](O)[C@@H]2O)O[C@H]1C. The maximum atomic E-state index is 15.5. The first-order valence-electron chi connectivity index (χ1n) is 30.6. The Morgan fingerprint density at radius 3 is 1.89 bits per heavy atom. The van der Waals surface area contributed by atoms with E-state index in [0.29, 0.717) is 25.7 Å². The maximum absolute atomic E-state index is 15.5. The molecule has 9 fully saturated rings. The number of hydrogen-bond acceptors (Lipinski definition) is 28. The van der Waals surface area contributed by atoms with Gasteiger partial charge in [-0.3, -0.25) is 14.4 Å². The number of carbonyl (C=O) groups is 3. The summed E-state index contributed by atoms with van der Waals surface area (Å²) in [5.74, 6) is -4.75. The molecule has 15 N–H and O–H groups in total. The molecule has 5 heterocycles. The van der Waals surface area contributed by atoms with E-state index in [1.807, 2.05) is 6.92 Å². The Balaban J connectivity index is 0.897. The highest BCUT2D eigenvalue weighted by Gasteiger charge is 2.74. The lowest BCUT2D eigenvalue weighted by atomic mass is 9.33. The Bertz CT molecular complexity index is 2580. The van der Waals surface area contributed by atoms with E-state index < -0.39 is 237 Å². The van der Waals surface area contributed by atoms with Crippen molar-refractivity contribution in [2.75, 3.05) is 33.0 Å². The maximum Gasteiger partial charge on any atom is 0.317 e. The van der Waals surface area contributed by atoms with Crippen LogP contribution in [0.3, 0.4) is 0 Å². The van der Waals surface area contributed by atoms with Crippen molar-refractivity contribution in [3.05, 3.63) is 11.6 Å². The lowest BCUT2D eigenvalue weighted by molar-refractivity contribution is -0.365. The van der Waals surface area contributed by atoms with E-state index in [4.69, 9.17) is 52.1 Å². The molecule has 0 aromatic rings. The largest absolute Gasteiger partial charge is 0.481 e. The van der Waals surface area contributed by atoms with Gasteiger partial charge in [0, 0.05) is 6.92 Å². The quantitative estimate of drug-likeness (QED) is 0.0452. The van der Waals surface area contributed by atoms with Gasteiger partial charge in [0.2, 0.25) is 6.29 Å². The van der Waals surface area contributed by atoms with Gasteiger partial charge in [0.15, 0.2) is 37.4 Å². The molecule has 5 saturated heterocycles. The number of aliphatic hydroxyl groups is 14. The van der Waals surface area contributed by atoms with Gasteiger partial charge in [-0.1, -0.05) is 46.3 Å². The van der Waals surface area contributed by atoms with Crippen LogP contribution in [-0.4, -0.2) is 274 Å². The van der Waals surface area contributed by atoms with Crippen LogP contribution in [0.1, 0.15) is 107 Å². The fraction of sp³-hybridized carbons (Fsp3) is 0.915. The monoisotopic (exact) mass is 1260 g/mol. The molecular formula is C59H92O29. The van der Waals surface area contributed by atoms with Crippen LogP contribution in [-0.2, 0) is 66.5 Å². The number of allylic oxidation sites excluding steroid dienone is 2. The van der Waals surface area contributed by atoms with Crippen LogP contribution in [0.5, 0.6) is 0 Å². The Hall–Kier alpha value is -2.77. The fourth-order valence-corrected chi connectivity index (χ4v) is 17.6. The van der Waals surface area contributed by atoms with Gasteiger partial charge in [0.05, 0.1) is 56.8 Å². The van der Waals surface area contributed by atoms with Gasteiger partial charge in [-0.05, 0) is 105 Å². The van der Waals surface area contributed by atoms with Crippen molar-refractivity contribution < 1.29 is 143 Å². The zero-order chi connectivity index (χ0) is 64.5. The summed E-state index contributed by atoms with van der Waals surface area (Å²) >= 11 is 0. The third-order valence-corrected chi connectivity index (χ3v) is 22.8. The predicted octanol–water partition coefficient (Wildman–Crippen LogP) is -3.69. The van der Waals surface area contributed by atoms with E-state index in [1.165, 1.54) is 13.8 Å². The first-order chi connectivity index (χ1) is 41.1. The summed E-state index contributed by atoms with van der Waals surface area (Å²) in [6, 6.07) is 0. The molecule has 29 nitrogen and oxygen atoms in total. The molecule has 0 radical (unpaired) electrons. The molecular weight excluding hydrogens is 1170 g/mol. The zero-order valence-electron chi connectivity index (χ0n) is 50.7. The summed E-state index contributed by atoms with van der Waals surface area (Å²) in [5.41, 5.74) is -7.70. The summed E-state index contributed by atoms with van der Waals surface area (Å²) in [7, 11) is 0. The molecule has 0 unspecified atom stereocenters. The third kappa shape index (κ3) is 11.0. The number of carboxylic acid groups (broad SMARTS) is 1. The van der Waals surface area contributed by atoms with Gasteiger partial charge >= 0.3 is 17.9 Å². The van der Waals surface area contributed by atoms with Gasteiger partial charge < -0.3 is 129 Å². The topological polar surface area (TPSA) is 456 Å². The summed E-state index contributed by atoms with van der Waals surface area (Å²) in [6.45, 7) is 10.9. The smallest absolute Gasteiger partial charge is 0.317 e. The Labute approximate surface area is 508 Å². The number of esters is 2. The van der Waals surface area contributed by atoms with Crippen molar-refractivity contribution in [2.45, 2.75) is 254 Å². The minimum absolute atomic E-state index is 0.00783. The van der Waals surface area contributed by atoms with Crippen LogP contribution in [0.4, 0.5) is 0 Å². The van der Waals surface area contributed by atoms with Crippen molar-refractivity contribution in [3.63, 3.8) is 0 Å². The number of hydrogen-bond donors (Lipinski definition) is 15. The number of aliphatic carboxylic acids is 1. The summed E-state index contributed by atoms with van der Waals surface area (Å²) < 4.78 is 64.4. The van der Waals surface area contributed by atoms with Gasteiger partial charge in [-0.25, -0.2) is 0 Å². The molecule has 502 valence electrons. The lowest BCUT2D eigenvalue weighted by Crippen LogP contribution is -2.71. The zero-order valence-corrected chi connectivity index (χ0v) is 50.7. The number of carboxylic acids is 1. The van der Waals surface area contributed by atoms with E-state index in [2.05, 4.69) is 33.8 Å². The molecule has 0 spiro atoms. The second-order valence-corrected chi connectivity index (χ2v) is 28.5. The molecule has 29 heteroatoms. The van der Waals surface area contributed by atoms with Gasteiger partial charge in [0.25, 0.3) is 0 Å². The number of aliphatic hydroxyl groups excluding tert-OH is 13. The van der Waals surface area contributed by atoms with E-state index in [-0.39, 0.29) is 37.0 Å². The molecule has 10 aliphatic rings. The molecule has 10 rings (SSSR count). The second-order valence-electron chi connectivity index (χ2n) is 28.5. The number of fused-ring (bicyclic) bond motifs is 7. The lowest BCUT2D eigenvalue weighted by Gasteiger charge is -2.71. The predicted molar refractivity (Wildman–Crippen MR) is 290 cm³/mol. The molecule has 0 amide bonds. The van der Waals surface area contributed by atoms with E-state index >= 15 is 4.79 Å². The first-order valence-corrected chi connectivity index (χ1v) is 30.6. The molecule has 32 atom stereocenters. The van der Waals surface area contributed by atoms with Crippen LogP contribution in [0, 0.1) is 50.2 Å². The Morgan fingerprint density at radius 1 is 0.625 bits per heavy atom. The summed E-state index contributed by atoms with van der Waals surface area (Å²) in [4.78, 5) is 41.8. The van der Waals surface area contributed by atoms with Crippen LogP contribution in [0.15, 0.2) is 11.6 Å². The van der Waals surface area contributed by atoms with Crippen LogP contribution >= 0.6 is 0 Å². The molecule has 5 aliphatic carbocycles. The van der Waals surface area contributed by atoms with Crippen molar-refractivity contribution in [2.24, 2.45) is 50.2 Å². The molecule has 0 aromatic heterocycles. The summed E-state index contributed by atoms with van der Waals surface area (Å²) in [6.07, 6.45) is -34.1. The average molecular weight is 1270 g/mol. The normalized spacial score (nSPS) is 53.5. The van der Waals surface area contributed by atoms with E-state index in [0.717, 1.165) is 12.5 Å². The molecule has 4 saturated carbocycles. The van der Waals surface area contributed by atoms with Crippen molar-refractivity contribution >= 4 is 17.9 Å². The van der Waals surface area contributed by atoms with Crippen LogP contribution in [0.2, 0.25) is 0 Å². The highest BCUT2D eigenvalue weighted by atomic mass is 16.8. The fourth-order valence-electron chi connectivity index (χ4n) is 17.6. The number of carbonyl (C=O) groups excluding carboxylic acids is 2. The van der Waals surface area contributed by atoms with Crippen molar-refractivity contribution in [3.8, 4) is 0 Å². The molecule has 88 heavy (non-hydrogen) atoms. The van der Waals surface area contributed by atoms with E-state index in [1.54, 1.807) is 0 Å². The molecule has 0 aromatic carbocycles. The standard InChI is InChI=1S/C59H92O29/c1-23-40(82-24(2)62)42(85-50-44(73)58(77,21-61)22-80-50)39(72)48(81-23)86-43-35(68)29(65)20-79-49(43)88-52(76)59-14-13-53(3,4)15-26(59)25-9-10-31-54(5)16-27(63)45(57(8,51(74)75)32(54)11-12-55(31,6)56(25,7)17-33(59)66)87-47-38(71)36(69)41(30(18-60)83-47)84-46-37(70)34(67)28(64)19-78-46/h9,23,26-50,60-61,63-73,77H,10-22H2,1-8H3,(H,74,75)/t23-,26-,27-,28+,29-,30+,31+,32+,33+,34-,35-,36+,37+,38+,39+,40-,41+,42-,43+,44-,45-,46-,47-,48-,49-,50-,54+,55+,56+,57-,58+,59+/m0/s1. The van der Waals surface area contributed by atoms with E-state index in [9.17, 15) is 86.2 Å². The van der Waals surface area contributed by atoms with Gasteiger partial charge in [-0.15, -0.1) is 0 Å². The Morgan fingerprint density at radius 2 is 1.25 bits per heavy atom. The van der Waals surface area contributed by atoms with Crippen LogP contribution < -0.4 is 0 Å². The summed E-state index contributed by atoms with van der Waals surface area (Å²) in [5, 5.41) is 167. The highest BCUT2D eigenvalue weighted by molar-refractivity contribution is 5.80. The highest BCUT2D eigenvalue weighted by Crippen LogP contribution is 2.76. The van der Waals surface area contributed by atoms with Crippen LogP contribution in [0.25, 0.3) is 0 Å². The van der Waals surface area contributed by atoms with Gasteiger partial charge in [-0.2, -0.15) is 0 Å². The molecule has 5 aliphatic heterocycles. The Kier molecular flexibility index (Phi) is 19.0. The third-order valence-electron chi connectivity index (χ3n) is 22.8. The van der Waals surface area contributed by atoms with Crippen molar-refractivity contribution in [1.82, 2.24) is 0 Å².